The summed E-state index contributed by atoms with van der Waals surface area (Å²) in [5, 5.41) is 4.78. The Morgan fingerprint density at radius 2 is 2.00 bits per heavy atom. The molecule has 0 radical (unpaired) electrons. The third-order valence-corrected chi connectivity index (χ3v) is 4.68. The van der Waals surface area contributed by atoms with Crippen LogP contribution in [0.25, 0.3) is 0 Å². The van der Waals surface area contributed by atoms with Crippen molar-refractivity contribution in [3.8, 4) is 5.75 Å². The van der Waals surface area contributed by atoms with Crippen molar-refractivity contribution in [3.05, 3.63) is 54.3 Å². The number of amides is 2. The molecule has 0 aliphatic carbocycles. The van der Waals surface area contributed by atoms with E-state index in [0.29, 0.717) is 16.6 Å². The SMILES string of the molecule is COc1ccc(N=C2NC(=O)CC(C(=O)Nc3ccccc3F)S2)cc1. The predicted molar refractivity (Wildman–Crippen MR) is 99.3 cm³/mol. The minimum atomic E-state index is -0.694. The van der Waals surface area contributed by atoms with Crippen LogP contribution in [0.4, 0.5) is 15.8 Å². The number of hydrogen-bond donors (Lipinski definition) is 2. The van der Waals surface area contributed by atoms with Gasteiger partial charge in [-0.25, -0.2) is 9.38 Å². The number of nitrogens with zero attached hydrogens (tertiary/aromatic N) is 1. The molecular weight excluding hydrogens is 357 g/mol. The summed E-state index contributed by atoms with van der Waals surface area (Å²) < 4.78 is 18.8. The number of ether oxygens (including phenoxy) is 1. The van der Waals surface area contributed by atoms with Gasteiger partial charge >= 0.3 is 0 Å². The van der Waals surface area contributed by atoms with Crippen molar-refractivity contribution in [2.75, 3.05) is 12.4 Å². The van der Waals surface area contributed by atoms with Gasteiger partial charge in [-0.15, -0.1) is 0 Å². The molecule has 1 fully saturated rings. The smallest absolute Gasteiger partial charge is 0.238 e. The number of carbonyl (C=O) groups is 2. The molecule has 0 bridgehead atoms. The van der Waals surface area contributed by atoms with Crippen LogP contribution in [0.2, 0.25) is 0 Å². The second kappa shape index (κ2) is 8.01. The van der Waals surface area contributed by atoms with Crippen LogP contribution < -0.4 is 15.4 Å². The van der Waals surface area contributed by atoms with Gasteiger partial charge in [-0.3, -0.25) is 9.59 Å². The van der Waals surface area contributed by atoms with Gasteiger partial charge in [0.15, 0.2) is 5.17 Å². The van der Waals surface area contributed by atoms with Gasteiger partial charge in [-0.2, -0.15) is 0 Å². The lowest BCUT2D eigenvalue weighted by molar-refractivity contribution is -0.123. The van der Waals surface area contributed by atoms with E-state index in [4.69, 9.17) is 4.74 Å². The fourth-order valence-electron chi connectivity index (χ4n) is 2.29. The molecule has 2 amide bonds. The number of aliphatic imine (C=N–C) groups is 1. The number of nitrogens with one attached hydrogen (secondary N) is 2. The molecule has 6 nitrogen and oxygen atoms in total. The number of hydrogen-bond acceptors (Lipinski definition) is 5. The number of carbonyl (C=O) groups excluding carboxylic acids is 2. The summed E-state index contributed by atoms with van der Waals surface area (Å²) in [5.74, 6) is -0.600. The highest BCUT2D eigenvalue weighted by Crippen LogP contribution is 2.26. The average Bonchev–Trinajstić information content (AvgIpc) is 2.64. The van der Waals surface area contributed by atoms with E-state index in [-0.39, 0.29) is 18.0 Å². The van der Waals surface area contributed by atoms with Gasteiger partial charge < -0.3 is 15.4 Å². The zero-order chi connectivity index (χ0) is 18.5. The number of halogens is 1. The van der Waals surface area contributed by atoms with Crippen LogP contribution >= 0.6 is 11.8 Å². The summed E-state index contributed by atoms with van der Waals surface area (Å²) in [6.45, 7) is 0. The first-order valence-electron chi connectivity index (χ1n) is 7.80. The number of anilines is 1. The normalized spacial score (nSPS) is 18.3. The summed E-state index contributed by atoms with van der Waals surface area (Å²) in [6.07, 6.45) is -0.00736. The van der Waals surface area contributed by atoms with Crippen LogP contribution in [0, 0.1) is 5.82 Å². The monoisotopic (exact) mass is 373 g/mol. The first-order valence-corrected chi connectivity index (χ1v) is 8.68. The van der Waals surface area contributed by atoms with E-state index in [0.717, 1.165) is 11.8 Å². The van der Waals surface area contributed by atoms with Crippen molar-refractivity contribution < 1.29 is 18.7 Å². The van der Waals surface area contributed by atoms with Crippen molar-refractivity contribution in [1.29, 1.82) is 0 Å². The number of rotatable bonds is 4. The maximum atomic E-state index is 13.7. The van der Waals surface area contributed by atoms with Crippen LogP contribution in [0.3, 0.4) is 0 Å². The van der Waals surface area contributed by atoms with Crippen molar-refractivity contribution in [2.24, 2.45) is 4.99 Å². The highest BCUT2D eigenvalue weighted by atomic mass is 32.2. The molecule has 1 atom stereocenters. The third-order valence-electron chi connectivity index (χ3n) is 3.60. The van der Waals surface area contributed by atoms with Crippen LogP contribution in [0.5, 0.6) is 5.75 Å². The number of methoxy groups -OCH3 is 1. The van der Waals surface area contributed by atoms with Crippen molar-refractivity contribution >= 4 is 40.1 Å². The summed E-state index contributed by atoms with van der Waals surface area (Å²) in [5.41, 5.74) is 0.696. The average molecular weight is 373 g/mol. The molecule has 1 saturated heterocycles. The topological polar surface area (TPSA) is 79.8 Å². The van der Waals surface area contributed by atoms with E-state index >= 15 is 0 Å². The van der Waals surface area contributed by atoms with Gasteiger partial charge in [0.05, 0.1) is 18.5 Å². The minimum Gasteiger partial charge on any atom is -0.497 e. The predicted octanol–water partition coefficient (Wildman–Crippen LogP) is 3.08. The summed E-state index contributed by atoms with van der Waals surface area (Å²) >= 11 is 1.13. The molecule has 2 aromatic carbocycles. The molecule has 26 heavy (non-hydrogen) atoms. The molecule has 1 aliphatic heterocycles. The van der Waals surface area contributed by atoms with Crippen LogP contribution in [-0.2, 0) is 9.59 Å². The van der Waals surface area contributed by atoms with Crippen LogP contribution in [0.15, 0.2) is 53.5 Å². The Hall–Kier alpha value is -2.87. The lowest BCUT2D eigenvalue weighted by atomic mass is 10.2. The molecule has 134 valence electrons. The molecule has 1 heterocycles. The first kappa shape index (κ1) is 17.9. The van der Waals surface area contributed by atoms with Crippen molar-refractivity contribution in [3.63, 3.8) is 0 Å². The molecule has 3 rings (SSSR count). The van der Waals surface area contributed by atoms with Gasteiger partial charge in [0.1, 0.15) is 16.8 Å². The Morgan fingerprint density at radius 1 is 1.27 bits per heavy atom. The second-order valence-electron chi connectivity index (χ2n) is 5.44. The van der Waals surface area contributed by atoms with E-state index in [2.05, 4.69) is 15.6 Å². The van der Waals surface area contributed by atoms with Gasteiger partial charge in [0.25, 0.3) is 0 Å². The molecule has 0 aromatic heterocycles. The Kier molecular flexibility index (Phi) is 5.52. The standard InChI is InChI=1S/C18H16FN3O3S/c1-25-12-8-6-11(7-9-12)20-18-22-16(23)10-15(26-18)17(24)21-14-5-3-2-4-13(14)19/h2-9,15H,10H2,1H3,(H,21,24)(H,20,22,23). The molecular formula is C18H16FN3O3S. The quantitative estimate of drug-likeness (QED) is 0.863. The molecule has 0 saturated carbocycles. The highest BCUT2D eigenvalue weighted by Gasteiger charge is 2.30. The van der Waals surface area contributed by atoms with Crippen LogP contribution in [0.1, 0.15) is 6.42 Å². The highest BCUT2D eigenvalue weighted by molar-refractivity contribution is 8.15. The molecule has 0 spiro atoms. The van der Waals surface area contributed by atoms with Crippen molar-refractivity contribution in [1.82, 2.24) is 5.32 Å². The zero-order valence-corrected chi connectivity index (χ0v) is 14.7. The van der Waals surface area contributed by atoms with Gasteiger partial charge in [0, 0.05) is 6.42 Å². The summed E-state index contributed by atoms with van der Waals surface area (Å²) in [4.78, 5) is 28.7. The molecule has 1 unspecified atom stereocenters. The Balaban J connectivity index is 1.72. The largest absolute Gasteiger partial charge is 0.497 e. The minimum absolute atomic E-state index is 0.00736. The summed E-state index contributed by atoms with van der Waals surface area (Å²) in [7, 11) is 1.57. The molecule has 2 aromatic rings. The Morgan fingerprint density at radius 3 is 2.69 bits per heavy atom. The van der Waals surface area contributed by atoms with E-state index < -0.39 is 17.0 Å². The third kappa shape index (κ3) is 4.40. The lowest BCUT2D eigenvalue weighted by Gasteiger charge is -2.22. The molecule has 1 aliphatic rings. The van der Waals surface area contributed by atoms with E-state index in [9.17, 15) is 14.0 Å². The van der Waals surface area contributed by atoms with Gasteiger partial charge in [-0.05, 0) is 36.4 Å². The number of benzene rings is 2. The van der Waals surface area contributed by atoms with Gasteiger partial charge in [-0.1, -0.05) is 23.9 Å². The maximum Gasteiger partial charge on any atom is 0.238 e. The molecule has 8 heteroatoms. The van der Waals surface area contributed by atoms with Gasteiger partial charge in [0.2, 0.25) is 11.8 Å². The van der Waals surface area contributed by atoms with Crippen molar-refractivity contribution in [2.45, 2.75) is 11.7 Å². The van der Waals surface area contributed by atoms with E-state index in [1.54, 1.807) is 37.4 Å². The van der Waals surface area contributed by atoms with E-state index in [1.165, 1.54) is 18.2 Å². The fraction of sp³-hybridized carbons (Fsp3) is 0.167. The lowest BCUT2D eigenvalue weighted by Crippen LogP contribution is -2.42. The Bertz CT molecular complexity index is 855. The second-order valence-corrected chi connectivity index (χ2v) is 6.63. The number of amidine groups is 1. The molecule has 2 N–H and O–H groups in total. The zero-order valence-electron chi connectivity index (χ0n) is 13.9. The van der Waals surface area contributed by atoms with E-state index in [1.807, 2.05) is 0 Å². The van der Waals surface area contributed by atoms with Crippen LogP contribution in [-0.4, -0.2) is 29.3 Å². The fourth-order valence-corrected chi connectivity index (χ4v) is 3.30. The first-order chi connectivity index (χ1) is 12.5. The number of thioether (sulfide) groups is 1. The number of para-hydroxylation sites is 1. The maximum absolute atomic E-state index is 13.7. The Labute approximate surface area is 153 Å². The summed E-state index contributed by atoms with van der Waals surface area (Å²) in [6, 6.07) is 12.8.